The van der Waals surface area contributed by atoms with E-state index in [2.05, 4.69) is 174 Å². The first-order valence-corrected chi connectivity index (χ1v) is 22.0. The molecular weight excluding hydrogens is 717 g/mol. The molecule has 0 aromatic heterocycles. The third-order valence-corrected chi connectivity index (χ3v) is 14.5. The van der Waals surface area contributed by atoms with E-state index in [-0.39, 0.29) is 12.3 Å². The molecule has 6 atom stereocenters. The van der Waals surface area contributed by atoms with Gasteiger partial charge >= 0.3 is 0 Å². The molecule has 1 fully saturated rings. The standard InChI is InChI=1S/C55H50N4/c1-3-12-38(13-4-1)50-44-16-7-8-17-45(44)51(39-14-5-2-6-15-39)54-47-30-29-42(43-18-11-19-46(52(43)47)53(50)54)36-23-27-40(28-24-36)55-56-32-41(33-57-55)35-21-25-37(26-22-35)48-34-59-31-10-9-20-49(59)58-48/h1-3,5,7-12,14,16-21,23,25,27,29-34,43,49,52-56,58H,4,6,13,15,22,24,26,28H2. The SMILES string of the molecule is C1=CCCC(C2=c3ccccc3=C(C3=CC=CCC3)C3C4=CC=C(C5=CC=C(C6N=CC(C7=CC=C(C8=CN9C=CC=CC9N8)CC7)=CN6)CC5)C5C=CC=C(C45)C23)=C1. The number of rotatable bonds is 6. The molecule has 290 valence electrons. The number of benzene rings is 1. The highest BCUT2D eigenvalue weighted by atomic mass is 15.3. The topological polar surface area (TPSA) is 39.7 Å². The number of nitrogens with zero attached hydrogens (tertiary/aromatic N) is 2. The van der Waals surface area contributed by atoms with Gasteiger partial charge in [-0.2, -0.15) is 0 Å². The van der Waals surface area contributed by atoms with Gasteiger partial charge in [-0.1, -0.05) is 133 Å². The van der Waals surface area contributed by atoms with Crippen molar-refractivity contribution in [2.75, 3.05) is 0 Å². The summed E-state index contributed by atoms with van der Waals surface area (Å²) in [6, 6.07) is 9.36. The zero-order valence-corrected chi connectivity index (χ0v) is 33.5. The maximum Gasteiger partial charge on any atom is 0.140 e. The lowest BCUT2D eigenvalue weighted by atomic mass is 9.69. The maximum absolute atomic E-state index is 5.06. The third-order valence-electron chi connectivity index (χ3n) is 14.5. The van der Waals surface area contributed by atoms with E-state index in [1.165, 1.54) is 60.7 Å². The number of nitrogens with one attached hydrogen (secondary N) is 2. The molecule has 0 bridgehead atoms. The summed E-state index contributed by atoms with van der Waals surface area (Å²) in [5, 5.41) is 10.2. The summed E-state index contributed by atoms with van der Waals surface area (Å²) >= 11 is 0. The zero-order valence-electron chi connectivity index (χ0n) is 33.5. The average Bonchev–Trinajstić information content (AvgIpc) is 3.90. The van der Waals surface area contributed by atoms with Crippen LogP contribution in [0, 0.1) is 23.7 Å². The molecule has 0 saturated heterocycles. The summed E-state index contributed by atoms with van der Waals surface area (Å²) in [4.78, 5) is 7.30. The predicted molar refractivity (Wildman–Crippen MR) is 242 cm³/mol. The lowest BCUT2D eigenvalue weighted by Crippen LogP contribution is -2.40. The fourth-order valence-corrected chi connectivity index (χ4v) is 11.7. The molecule has 8 aliphatic carbocycles. The van der Waals surface area contributed by atoms with Crippen LogP contribution in [0.3, 0.4) is 0 Å². The van der Waals surface area contributed by atoms with Gasteiger partial charge in [0.1, 0.15) is 12.3 Å². The summed E-state index contributed by atoms with van der Waals surface area (Å²) in [6.07, 6.45) is 59.7. The first-order chi connectivity index (χ1) is 29.3. The Kier molecular flexibility index (Phi) is 8.45. The second kappa shape index (κ2) is 14.3. The molecule has 0 spiro atoms. The number of fused-ring (bicyclic) bond motifs is 5. The molecular formula is C55H50N4. The summed E-state index contributed by atoms with van der Waals surface area (Å²) in [6.45, 7) is 0. The van der Waals surface area contributed by atoms with Gasteiger partial charge in [-0.25, -0.2) is 0 Å². The van der Waals surface area contributed by atoms with Crippen molar-refractivity contribution < 1.29 is 0 Å². The Morgan fingerprint density at radius 3 is 1.98 bits per heavy atom. The molecule has 2 N–H and O–H groups in total. The molecule has 6 unspecified atom stereocenters. The highest BCUT2D eigenvalue weighted by Crippen LogP contribution is 2.62. The Morgan fingerprint density at radius 2 is 1.32 bits per heavy atom. The van der Waals surface area contributed by atoms with Gasteiger partial charge in [-0.05, 0) is 124 Å². The van der Waals surface area contributed by atoms with Crippen molar-refractivity contribution in [2.24, 2.45) is 28.7 Å². The Labute approximate surface area is 348 Å². The number of hydrogen-bond donors (Lipinski definition) is 2. The molecule has 3 heterocycles. The Morgan fingerprint density at radius 1 is 0.593 bits per heavy atom. The van der Waals surface area contributed by atoms with E-state index < -0.39 is 0 Å². The van der Waals surface area contributed by atoms with Crippen molar-refractivity contribution in [2.45, 2.75) is 63.7 Å². The van der Waals surface area contributed by atoms with Crippen molar-refractivity contribution in [1.82, 2.24) is 15.5 Å². The van der Waals surface area contributed by atoms with Gasteiger partial charge in [-0.3, -0.25) is 4.99 Å². The minimum absolute atomic E-state index is 0.00971. The number of aliphatic imine (C=N–C) groups is 1. The minimum Gasteiger partial charge on any atom is -0.366 e. The van der Waals surface area contributed by atoms with Crippen molar-refractivity contribution in [1.29, 1.82) is 0 Å². The van der Waals surface area contributed by atoms with E-state index in [0.29, 0.717) is 23.7 Å². The molecule has 12 rings (SSSR count). The summed E-state index contributed by atoms with van der Waals surface area (Å²) in [7, 11) is 0. The second-order valence-electron chi connectivity index (χ2n) is 17.6. The van der Waals surface area contributed by atoms with Crippen molar-refractivity contribution >= 4 is 17.4 Å². The Balaban J connectivity index is 0.819. The smallest absolute Gasteiger partial charge is 0.140 e. The van der Waals surface area contributed by atoms with E-state index in [4.69, 9.17) is 4.99 Å². The summed E-state index contributed by atoms with van der Waals surface area (Å²) < 4.78 is 0. The highest BCUT2D eigenvalue weighted by Gasteiger charge is 2.52. The molecule has 3 aliphatic heterocycles. The molecule has 1 aromatic rings. The fourth-order valence-electron chi connectivity index (χ4n) is 11.7. The van der Waals surface area contributed by atoms with Crippen LogP contribution in [0.2, 0.25) is 0 Å². The van der Waals surface area contributed by atoms with E-state index in [1.54, 1.807) is 22.3 Å². The number of allylic oxidation sites excluding steroid dienone is 26. The average molecular weight is 767 g/mol. The lowest BCUT2D eigenvalue weighted by Gasteiger charge is -2.34. The molecule has 4 heteroatoms. The first-order valence-electron chi connectivity index (χ1n) is 22.0. The van der Waals surface area contributed by atoms with E-state index in [9.17, 15) is 0 Å². The molecule has 0 radical (unpaired) electrons. The van der Waals surface area contributed by atoms with Gasteiger partial charge in [-0.15, -0.1) is 0 Å². The Bertz CT molecular complexity index is 2750. The summed E-state index contributed by atoms with van der Waals surface area (Å²) in [5.74, 6) is 1.49. The van der Waals surface area contributed by atoms with Crippen molar-refractivity contribution in [3.63, 3.8) is 0 Å². The minimum atomic E-state index is -0.00971. The zero-order chi connectivity index (χ0) is 38.9. The monoisotopic (exact) mass is 766 g/mol. The lowest BCUT2D eigenvalue weighted by molar-refractivity contribution is 0.424. The fraction of sp³-hybridized carbons (Fsp3) is 0.255. The molecule has 0 amide bonds. The van der Waals surface area contributed by atoms with Gasteiger partial charge < -0.3 is 15.5 Å². The highest BCUT2D eigenvalue weighted by molar-refractivity contribution is 5.86. The van der Waals surface area contributed by atoms with Gasteiger partial charge in [0.25, 0.3) is 0 Å². The van der Waals surface area contributed by atoms with Crippen LogP contribution in [0.5, 0.6) is 0 Å². The first kappa shape index (κ1) is 34.9. The van der Waals surface area contributed by atoms with Crippen molar-refractivity contribution in [3.05, 3.63) is 224 Å². The predicted octanol–water partition coefficient (Wildman–Crippen LogP) is 9.73. The van der Waals surface area contributed by atoms with Gasteiger partial charge in [0.2, 0.25) is 0 Å². The number of hydrogen-bond acceptors (Lipinski definition) is 4. The molecule has 1 aromatic carbocycles. The van der Waals surface area contributed by atoms with Crippen LogP contribution in [0.1, 0.15) is 51.4 Å². The van der Waals surface area contributed by atoms with E-state index in [0.717, 1.165) is 51.4 Å². The Hall–Kier alpha value is -6.13. The normalized spacial score (nSPS) is 30.7. The van der Waals surface area contributed by atoms with Crippen LogP contribution >= 0.6 is 0 Å². The van der Waals surface area contributed by atoms with Crippen LogP contribution in [0.4, 0.5) is 0 Å². The van der Waals surface area contributed by atoms with Crippen LogP contribution < -0.4 is 21.1 Å². The van der Waals surface area contributed by atoms with Crippen LogP contribution in [-0.4, -0.2) is 23.4 Å². The molecule has 1 saturated carbocycles. The maximum atomic E-state index is 5.06. The van der Waals surface area contributed by atoms with Crippen molar-refractivity contribution in [3.8, 4) is 0 Å². The second-order valence-corrected chi connectivity index (χ2v) is 17.6. The summed E-state index contributed by atoms with van der Waals surface area (Å²) in [5.41, 5.74) is 18.9. The van der Waals surface area contributed by atoms with Gasteiger partial charge in [0, 0.05) is 54.1 Å². The van der Waals surface area contributed by atoms with E-state index in [1.807, 2.05) is 0 Å². The van der Waals surface area contributed by atoms with Crippen LogP contribution in [0.15, 0.2) is 219 Å². The molecule has 11 aliphatic rings. The molecule has 4 nitrogen and oxygen atoms in total. The van der Waals surface area contributed by atoms with Crippen LogP contribution in [-0.2, 0) is 0 Å². The largest absolute Gasteiger partial charge is 0.366 e. The van der Waals surface area contributed by atoms with E-state index >= 15 is 0 Å². The quantitative estimate of drug-likeness (QED) is 0.303. The van der Waals surface area contributed by atoms with Gasteiger partial charge in [0.15, 0.2) is 0 Å². The van der Waals surface area contributed by atoms with Gasteiger partial charge in [0.05, 0.1) is 5.70 Å². The third kappa shape index (κ3) is 5.82. The molecule has 59 heavy (non-hydrogen) atoms. The van der Waals surface area contributed by atoms with Crippen LogP contribution in [0.25, 0.3) is 11.1 Å².